The molecule has 0 aliphatic heterocycles. The number of ether oxygens (including phenoxy) is 2. The molecule has 1 unspecified atom stereocenters. The minimum absolute atomic E-state index is 0.171. The Labute approximate surface area is 199 Å². The van der Waals surface area contributed by atoms with Crippen LogP contribution in [0.1, 0.15) is 30.9 Å². The van der Waals surface area contributed by atoms with E-state index < -0.39 is 13.4 Å². The molecule has 0 saturated carbocycles. The van der Waals surface area contributed by atoms with E-state index in [1.807, 2.05) is 37.3 Å². The molecule has 184 valence electrons. The number of anilines is 1. The maximum Gasteiger partial charge on any atom is 0.357 e. The lowest BCUT2D eigenvalue weighted by Crippen LogP contribution is -2.23. The monoisotopic (exact) mass is 489 g/mol. The highest BCUT2D eigenvalue weighted by Crippen LogP contribution is 2.61. The van der Waals surface area contributed by atoms with Crippen LogP contribution in [-0.2, 0) is 20.7 Å². The summed E-state index contributed by atoms with van der Waals surface area (Å²) in [6, 6.07) is 14.5. The topological polar surface area (TPSA) is 93.0 Å². The third-order valence-electron chi connectivity index (χ3n) is 5.49. The molecule has 3 aromatic rings. The fourth-order valence-corrected chi connectivity index (χ4v) is 5.69. The molecule has 0 aliphatic rings. The van der Waals surface area contributed by atoms with Crippen molar-refractivity contribution < 1.29 is 23.1 Å². The molecule has 0 aliphatic carbocycles. The highest BCUT2D eigenvalue weighted by atomic mass is 31.2. The lowest BCUT2D eigenvalue weighted by Gasteiger charge is -2.28. The molecule has 34 heavy (non-hydrogen) atoms. The normalized spacial score (nSPS) is 12.4. The molecule has 1 atom stereocenters. The van der Waals surface area contributed by atoms with Gasteiger partial charge >= 0.3 is 7.60 Å². The van der Waals surface area contributed by atoms with E-state index in [9.17, 15) is 9.36 Å². The van der Waals surface area contributed by atoms with Crippen molar-refractivity contribution in [3.8, 4) is 17.2 Å². The third-order valence-corrected chi connectivity index (χ3v) is 7.79. The second-order valence-corrected chi connectivity index (χ2v) is 9.59. The van der Waals surface area contributed by atoms with Crippen LogP contribution in [0, 0.1) is 6.92 Å². The van der Waals surface area contributed by atoms with Gasteiger partial charge in [-0.15, -0.1) is 0 Å². The third kappa shape index (κ3) is 4.92. The zero-order valence-electron chi connectivity index (χ0n) is 20.4. The standard InChI is InChI=1S/C24H32N3O6P/c1-7-32-34(29,33-8-2)23(18-14-15-20(30-5)21(16-18)31-6)25-22-17(3)26(4)27(24(22)28)19-12-10-9-11-13-19/h9-16,23,25H,7-8H2,1-6H3. The Balaban J connectivity index is 2.18. The van der Waals surface area contributed by atoms with E-state index in [2.05, 4.69) is 5.32 Å². The van der Waals surface area contributed by atoms with Crippen molar-refractivity contribution in [2.45, 2.75) is 26.6 Å². The summed E-state index contributed by atoms with van der Waals surface area (Å²) in [7, 11) is 1.11. The van der Waals surface area contributed by atoms with Crippen molar-refractivity contribution in [1.29, 1.82) is 0 Å². The molecule has 0 saturated heterocycles. The summed E-state index contributed by atoms with van der Waals surface area (Å²) < 4.78 is 39.4. The quantitative estimate of drug-likeness (QED) is 0.384. The van der Waals surface area contributed by atoms with E-state index in [-0.39, 0.29) is 18.8 Å². The van der Waals surface area contributed by atoms with E-state index in [4.69, 9.17) is 18.5 Å². The predicted octanol–water partition coefficient (Wildman–Crippen LogP) is 4.88. The van der Waals surface area contributed by atoms with Crippen LogP contribution in [0.3, 0.4) is 0 Å². The summed E-state index contributed by atoms with van der Waals surface area (Å²) in [4.78, 5) is 13.5. The van der Waals surface area contributed by atoms with Gasteiger partial charge in [0, 0.05) is 7.05 Å². The van der Waals surface area contributed by atoms with Crippen molar-refractivity contribution in [3.05, 3.63) is 70.1 Å². The first kappa shape index (κ1) is 25.6. The second kappa shape index (κ2) is 11.0. The molecular weight excluding hydrogens is 457 g/mol. The van der Waals surface area contributed by atoms with Crippen LogP contribution in [0.25, 0.3) is 5.69 Å². The molecule has 10 heteroatoms. The van der Waals surface area contributed by atoms with Gasteiger partial charge in [0.05, 0.1) is 38.8 Å². The molecule has 0 radical (unpaired) electrons. The van der Waals surface area contributed by atoms with Gasteiger partial charge < -0.3 is 23.8 Å². The number of hydrogen-bond donors (Lipinski definition) is 1. The summed E-state index contributed by atoms with van der Waals surface area (Å²) in [5.41, 5.74) is 1.96. The number of benzene rings is 2. The number of nitrogens with one attached hydrogen (secondary N) is 1. The van der Waals surface area contributed by atoms with Gasteiger partial charge in [-0.2, -0.15) is 0 Å². The smallest absolute Gasteiger partial charge is 0.357 e. The maximum absolute atomic E-state index is 14.0. The Hall–Kier alpha value is -3.00. The van der Waals surface area contributed by atoms with E-state index in [1.165, 1.54) is 14.2 Å². The number of methoxy groups -OCH3 is 2. The average molecular weight is 490 g/mol. The van der Waals surface area contributed by atoms with Gasteiger partial charge in [-0.05, 0) is 50.6 Å². The lowest BCUT2D eigenvalue weighted by atomic mass is 10.2. The first-order valence-electron chi connectivity index (χ1n) is 11.0. The Morgan fingerprint density at radius 3 is 2.15 bits per heavy atom. The largest absolute Gasteiger partial charge is 0.493 e. The van der Waals surface area contributed by atoms with Crippen LogP contribution in [-0.4, -0.2) is 36.8 Å². The zero-order chi connectivity index (χ0) is 24.9. The molecular formula is C24H32N3O6P. The lowest BCUT2D eigenvalue weighted by molar-refractivity contribution is 0.214. The molecule has 3 rings (SSSR count). The van der Waals surface area contributed by atoms with Gasteiger partial charge in [-0.25, -0.2) is 4.68 Å². The maximum atomic E-state index is 14.0. The molecule has 1 heterocycles. The number of hydrogen-bond acceptors (Lipinski definition) is 7. The van der Waals surface area contributed by atoms with Crippen molar-refractivity contribution in [2.75, 3.05) is 32.8 Å². The van der Waals surface area contributed by atoms with Crippen LogP contribution in [0.15, 0.2) is 53.3 Å². The average Bonchev–Trinajstić information content (AvgIpc) is 3.05. The molecule has 0 fully saturated rings. The highest BCUT2D eigenvalue weighted by Gasteiger charge is 2.39. The van der Waals surface area contributed by atoms with Crippen LogP contribution >= 0.6 is 7.60 Å². The van der Waals surface area contributed by atoms with Crippen molar-refractivity contribution >= 4 is 13.3 Å². The summed E-state index contributed by atoms with van der Waals surface area (Å²) in [5.74, 6) is 0.0121. The minimum atomic E-state index is -3.75. The number of aromatic nitrogens is 2. The number of rotatable bonds is 11. The predicted molar refractivity (Wildman–Crippen MR) is 133 cm³/mol. The van der Waals surface area contributed by atoms with Crippen LogP contribution in [0.4, 0.5) is 5.69 Å². The molecule has 9 nitrogen and oxygen atoms in total. The van der Waals surface area contributed by atoms with Gasteiger partial charge in [-0.3, -0.25) is 14.0 Å². The fourth-order valence-electron chi connectivity index (χ4n) is 3.79. The molecule has 0 bridgehead atoms. The van der Waals surface area contributed by atoms with E-state index >= 15 is 0 Å². The zero-order valence-corrected chi connectivity index (χ0v) is 21.3. The van der Waals surface area contributed by atoms with Crippen molar-refractivity contribution in [3.63, 3.8) is 0 Å². The number of para-hydroxylation sites is 1. The van der Waals surface area contributed by atoms with Crippen LogP contribution < -0.4 is 20.3 Å². The molecule has 1 N–H and O–H groups in total. The molecule has 2 aromatic carbocycles. The summed E-state index contributed by atoms with van der Waals surface area (Å²) in [6.45, 7) is 5.65. The molecule has 1 aromatic heterocycles. The Morgan fingerprint density at radius 1 is 0.971 bits per heavy atom. The Bertz CT molecular complexity index is 1210. The van der Waals surface area contributed by atoms with Gasteiger partial charge in [-0.1, -0.05) is 24.3 Å². The van der Waals surface area contributed by atoms with Gasteiger partial charge in [0.1, 0.15) is 5.69 Å². The van der Waals surface area contributed by atoms with E-state index in [0.29, 0.717) is 34.1 Å². The summed E-state index contributed by atoms with van der Waals surface area (Å²) in [5, 5.41) is 3.20. The molecule has 0 amide bonds. The van der Waals surface area contributed by atoms with Crippen LogP contribution in [0.5, 0.6) is 11.5 Å². The van der Waals surface area contributed by atoms with Gasteiger partial charge in [0.25, 0.3) is 5.56 Å². The van der Waals surface area contributed by atoms with Crippen molar-refractivity contribution in [2.24, 2.45) is 7.05 Å². The number of nitrogens with zero attached hydrogens (tertiary/aromatic N) is 2. The summed E-state index contributed by atoms with van der Waals surface area (Å²) >= 11 is 0. The van der Waals surface area contributed by atoms with E-state index in [0.717, 1.165) is 0 Å². The minimum Gasteiger partial charge on any atom is -0.493 e. The first-order chi connectivity index (χ1) is 16.3. The van der Waals surface area contributed by atoms with Gasteiger partial charge in [0.15, 0.2) is 17.3 Å². The fraction of sp³-hybridized carbons (Fsp3) is 0.375. The van der Waals surface area contributed by atoms with Crippen LogP contribution in [0.2, 0.25) is 0 Å². The van der Waals surface area contributed by atoms with Crippen molar-refractivity contribution in [1.82, 2.24) is 9.36 Å². The SMILES string of the molecule is CCOP(=O)(OCC)C(Nc1c(C)n(C)n(-c2ccccc2)c1=O)c1ccc(OC)c(OC)c1. The van der Waals surface area contributed by atoms with Gasteiger partial charge in [0.2, 0.25) is 0 Å². The second-order valence-electron chi connectivity index (χ2n) is 7.47. The van der Waals surface area contributed by atoms with E-state index in [1.54, 1.807) is 48.5 Å². The highest BCUT2D eigenvalue weighted by molar-refractivity contribution is 7.54. The molecule has 0 spiro atoms. The Morgan fingerprint density at radius 2 is 1.59 bits per heavy atom. The Kier molecular flexibility index (Phi) is 8.25. The first-order valence-corrected chi connectivity index (χ1v) is 12.6. The summed E-state index contributed by atoms with van der Waals surface area (Å²) in [6.07, 6.45) is 0.